The Morgan fingerprint density at radius 2 is 1.89 bits per heavy atom. The number of nitrogens with one attached hydrogen (secondary N) is 2. The molecule has 0 aliphatic rings. The van der Waals surface area contributed by atoms with Crippen LogP contribution in [0.4, 0.5) is 8.78 Å². The lowest BCUT2D eigenvalue weighted by molar-refractivity contribution is -0.121. The fraction of sp³-hybridized carbons (Fsp3) is 0.238. The van der Waals surface area contributed by atoms with E-state index in [1.807, 2.05) is 37.3 Å². The number of hydrogen-bond donors (Lipinski definition) is 2. The molecule has 3 aromatic rings. The minimum absolute atomic E-state index is 0.185. The second-order valence-electron chi connectivity index (χ2n) is 6.46. The molecule has 2 N–H and O–H groups in total. The molecule has 2 amide bonds. The molecule has 0 saturated carbocycles. The number of carbonyl (C=O) groups excluding carboxylic acids is 2. The van der Waals surface area contributed by atoms with Crippen LogP contribution in [0.2, 0.25) is 0 Å². The van der Waals surface area contributed by atoms with E-state index in [1.54, 1.807) is 0 Å². The van der Waals surface area contributed by atoms with Gasteiger partial charge in [-0.3, -0.25) is 9.59 Å². The molecule has 3 rings (SSSR count). The summed E-state index contributed by atoms with van der Waals surface area (Å²) in [5.74, 6) is -1.84. The molecule has 7 heteroatoms. The van der Waals surface area contributed by atoms with Crippen molar-refractivity contribution in [2.45, 2.75) is 25.8 Å². The van der Waals surface area contributed by atoms with Crippen LogP contribution in [0.3, 0.4) is 0 Å². The van der Waals surface area contributed by atoms with Crippen molar-refractivity contribution in [3.8, 4) is 0 Å². The number of benzene rings is 2. The van der Waals surface area contributed by atoms with Gasteiger partial charge in [0.1, 0.15) is 23.0 Å². The van der Waals surface area contributed by atoms with Crippen molar-refractivity contribution in [2.24, 2.45) is 0 Å². The third kappa shape index (κ3) is 4.73. The summed E-state index contributed by atoms with van der Waals surface area (Å²) in [4.78, 5) is 24.0. The van der Waals surface area contributed by atoms with Crippen LogP contribution in [0.15, 0.2) is 52.9 Å². The highest BCUT2D eigenvalue weighted by molar-refractivity contribution is 5.94. The van der Waals surface area contributed by atoms with Crippen LogP contribution in [0.5, 0.6) is 0 Å². The van der Waals surface area contributed by atoms with E-state index in [0.29, 0.717) is 18.2 Å². The maximum atomic E-state index is 13.5. The van der Waals surface area contributed by atoms with E-state index in [0.717, 1.165) is 23.1 Å². The van der Waals surface area contributed by atoms with E-state index in [2.05, 4.69) is 10.6 Å². The number of carbonyl (C=O) groups is 2. The zero-order valence-electron chi connectivity index (χ0n) is 15.3. The van der Waals surface area contributed by atoms with Crippen LogP contribution in [0, 0.1) is 11.6 Å². The summed E-state index contributed by atoms with van der Waals surface area (Å²) in [6, 6.07) is 11.9. The summed E-state index contributed by atoms with van der Waals surface area (Å²) in [5.41, 5.74) is 0.527. The Balaban J connectivity index is 1.43. The molecule has 0 radical (unpaired) electrons. The molecule has 5 nitrogen and oxygen atoms in total. The van der Waals surface area contributed by atoms with Crippen molar-refractivity contribution in [1.82, 2.24) is 10.6 Å². The average Bonchev–Trinajstić information content (AvgIpc) is 3.09. The summed E-state index contributed by atoms with van der Waals surface area (Å²) < 4.78 is 32.1. The molecule has 28 heavy (non-hydrogen) atoms. The van der Waals surface area contributed by atoms with Gasteiger partial charge in [0.2, 0.25) is 5.91 Å². The Hall–Kier alpha value is -3.22. The maximum Gasteiger partial charge on any atom is 0.254 e. The number of hydrogen-bond acceptors (Lipinski definition) is 3. The zero-order chi connectivity index (χ0) is 20.1. The van der Waals surface area contributed by atoms with Crippen LogP contribution in [-0.2, 0) is 4.79 Å². The molecule has 1 aromatic heterocycles. The second kappa shape index (κ2) is 8.65. The first-order chi connectivity index (χ1) is 13.4. The third-order valence-corrected chi connectivity index (χ3v) is 4.29. The topological polar surface area (TPSA) is 71.3 Å². The molecule has 0 bridgehead atoms. The number of para-hydroxylation sites is 1. The summed E-state index contributed by atoms with van der Waals surface area (Å²) >= 11 is 0. The normalized spacial score (nSPS) is 12.0. The smallest absolute Gasteiger partial charge is 0.254 e. The van der Waals surface area contributed by atoms with E-state index in [4.69, 9.17) is 4.42 Å². The van der Waals surface area contributed by atoms with Gasteiger partial charge in [-0.2, -0.15) is 0 Å². The van der Waals surface area contributed by atoms with Crippen molar-refractivity contribution in [1.29, 1.82) is 0 Å². The van der Waals surface area contributed by atoms with Gasteiger partial charge in [-0.25, -0.2) is 8.78 Å². The van der Waals surface area contributed by atoms with E-state index in [-0.39, 0.29) is 30.5 Å². The predicted octanol–water partition coefficient (Wildman–Crippen LogP) is 4.10. The molecular weight excluding hydrogens is 366 g/mol. The Kier molecular flexibility index (Phi) is 6.03. The molecule has 0 aliphatic carbocycles. The Labute approximate surface area is 160 Å². The summed E-state index contributed by atoms with van der Waals surface area (Å²) in [7, 11) is 0. The average molecular weight is 386 g/mol. The molecule has 1 atom stereocenters. The quantitative estimate of drug-likeness (QED) is 0.601. The summed E-state index contributed by atoms with van der Waals surface area (Å²) in [6.07, 6.45) is 0.573. The van der Waals surface area contributed by atoms with Crippen molar-refractivity contribution in [3.63, 3.8) is 0 Å². The number of fused-ring (bicyclic) bond motifs is 1. The van der Waals surface area contributed by atoms with Crippen LogP contribution < -0.4 is 10.6 Å². The van der Waals surface area contributed by atoms with E-state index in [9.17, 15) is 18.4 Å². The molecule has 0 saturated heterocycles. The molecule has 0 aliphatic heterocycles. The number of furan rings is 1. The molecule has 1 heterocycles. The van der Waals surface area contributed by atoms with Crippen molar-refractivity contribution in [2.75, 3.05) is 6.54 Å². The molecular formula is C21H20F2N2O3. The van der Waals surface area contributed by atoms with Gasteiger partial charge in [-0.1, -0.05) is 18.2 Å². The lowest BCUT2D eigenvalue weighted by Gasteiger charge is -2.11. The standard InChI is InChI=1S/C21H20F2N2O3/c1-13(19-11-14-5-2-3-6-18(14)28-19)25-20(26)7-4-10-24-21(27)16-9-8-15(22)12-17(16)23/h2-3,5-6,8-9,11-13H,4,7,10H2,1H3,(H,24,27)(H,25,26). The van der Waals surface area contributed by atoms with E-state index in [1.165, 1.54) is 0 Å². The monoisotopic (exact) mass is 386 g/mol. The SMILES string of the molecule is CC(NC(=O)CCCNC(=O)c1ccc(F)cc1F)c1cc2ccccc2o1. The van der Waals surface area contributed by atoms with Gasteiger partial charge in [0.15, 0.2) is 0 Å². The maximum absolute atomic E-state index is 13.5. The third-order valence-electron chi connectivity index (χ3n) is 4.29. The lowest BCUT2D eigenvalue weighted by Crippen LogP contribution is -2.29. The number of halogens is 2. The lowest BCUT2D eigenvalue weighted by atomic mass is 10.2. The van der Waals surface area contributed by atoms with Crippen LogP contribution in [0.1, 0.15) is 41.9 Å². The summed E-state index contributed by atoms with van der Waals surface area (Å²) in [5, 5.41) is 6.33. The minimum Gasteiger partial charge on any atom is -0.459 e. The highest BCUT2D eigenvalue weighted by Gasteiger charge is 2.15. The van der Waals surface area contributed by atoms with Crippen molar-refractivity contribution < 1.29 is 22.8 Å². The Morgan fingerprint density at radius 1 is 1.11 bits per heavy atom. The van der Waals surface area contributed by atoms with E-state index >= 15 is 0 Å². The largest absolute Gasteiger partial charge is 0.459 e. The first-order valence-corrected chi connectivity index (χ1v) is 8.95. The molecule has 0 spiro atoms. The highest BCUT2D eigenvalue weighted by atomic mass is 19.1. The van der Waals surface area contributed by atoms with Crippen molar-refractivity contribution >= 4 is 22.8 Å². The first-order valence-electron chi connectivity index (χ1n) is 8.95. The Bertz CT molecular complexity index is 967. The number of amides is 2. The molecule has 0 fully saturated rings. The predicted molar refractivity (Wildman–Crippen MR) is 101 cm³/mol. The fourth-order valence-corrected chi connectivity index (χ4v) is 2.82. The second-order valence-corrected chi connectivity index (χ2v) is 6.46. The van der Waals surface area contributed by atoms with Gasteiger partial charge in [0, 0.05) is 24.4 Å². The van der Waals surface area contributed by atoms with Crippen LogP contribution in [0.25, 0.3) is 11.0 Å². The van der Waals surface area contributed by atoms with E-state index < -0.39 is 17.5 Å². The zero-order valence-corrected chi connectivity index (χ0v) is 15.3. The van der Waals surface area contributed by atoms with Crippen LogP contribution in [-0.4, -0.2) is 18.4 Å². The van der Waals surface area contributed by atoms with Crippen molar-refractivity contribution in [3.05, 3.63) is 71.5 Å². The summed E-state index contributed by atoms with van der Waals surface area (Å²) in [6.45, 7) is 2.02. The minimum atomic E-state index is -0.921. The van der Waals surface area contributed by atoms with Gasteiger partial charge >= 0.3 is 0 Å². The number of rotatable bonds is 7. The molecule has 146 valence electrons. The highest BCUT2D eigenvalue weighted by Crippen LogP contribution is 2.23. The fourth-order valence-electron chi connectivity index (χ4n) is 2.82. The van der Waals surface area contributed by atoms with Crippen LogP contribution >= 0.6 is 0 Å². The van der Waals surface area contributed by atoms with Gasteiger partial charge in [0.25, 0.3) is 5.91 Å². The Morgan fingerprint density at radius 3 is 2.64 bits per heavy atom. The van der Waals surface area contributed by atoms with Gasteiger partial charge < -0.3 is 15.1 Å². The first kappa shape index (κ1) is 19.5. The van der Waals surface area contributed by atoms with Gasteiger partial charge in [-0.05, 0) is 37.6 Å². The van der Waals surface area contributed by atoms with Gasteiger partial charge in [-0.15, -0.1) is 0 Å². The molecule has 2 aromatic carbocycles. The molecule has 1 unspecified atom stereocenters. The van der Waals surface area contributed by atoms with Gasteiger partial charge in [0.05, 0.1) is 11.6 Å².